The molecule has 0 saturated carbocycles. The maximum Gasteiger partial charge on any atom is 0.251 e. The van der Waals surface area contributed by atoms with Crippen LogP contribution in [0.4, 0.5) is 0 Å². The highest BCUT2D eigenvalue weighted by molar-refractivity contribution is 5.99. The molecule has 1 amide bonds. The van der Waals surface area contributed by atoms with E-state index in [1.807, 2.05) is 43.3 Å². The summed E-state index contributed by atoms with van der Waals surface area (Å²) in [5.74, 6) is 0.747. The number of methoxy groups -OCH3 is 1. The van der Waals surface area contributed by atoms with Crippen molar-refractivity contribution >= 4 is 16.7 Å². The van der Waals surface area contributed by atoms with Gasteiger partial charge in [0.2, 0.25) is 0 Å². The quantitative estimate of drug-likeness (QED) is 0.733. The van der Waals surface area contributed by atoms with Crippen molar-refractivity contribution in [2.24, 2.45) is 0 Å². The van der Waals surface area contributed by atoms with E-state index in [-0.39, 0.29) is 11.9 Å². The van der Waals surface area contributed by atoms with Gasteiger partial charge in [0.05, 0.1) is 13.2 Å². The predicted molar refractivity (Wildman–Crippen MR) is 102 cm³/mol. The molecule has 3 nitrogen and oxygen atoms in total. The molecule has 0 heterocycles. The number of benzene rings is 3. The largest absolute Gasteiger partial charge is 0.497 e. The molecule has 0 saturated heterocycles. The molecule has 0 aromatic heterocycles. The summed E-state index contributed by atoms with van der Waals surface area (Å²) in [4.78, 5) is 12.6. The fraction of sp³-hybridized carbons (Fsp3) is 0.227. The molecule has 25 heavy (non-hydrogen) atoms. The van der Waals surface area contributed by atoms with Crippen LogP contribution in [-0.2, 0) is 0 Å². The molecule has 3 aromatic rings. The summed E-state index contributed by atoms with van der Waals surface area (Å²) < 4.78 is 5.24. The van der Waals surface area contributed by atoms with E-state index >= 15 is 0 Å². The molecule has 0 spiro atoms. The van der Waals surface area contributed by atoms with Crippen molar-refractivity contribution in [3.8, 4) is 5.75 Å². The van der Waals surface area contributed by atoms with E-state index in [1.165, 1.54) is 11.1 Å². The number of amides is 1. The summed E-state index contributed by atoms with van der Waals surface area (Å²) in [6.07, 6.45) is 0. The first kappa shape index (κ1) is 17.0. The zero-order chi connectivity index (χ0) is 18.0. The Morgan fingerprint density at radius 3 is 2.36 bits per heavy atom. The molecule has 3 aromatic carbocycles. The monoisotopic (exact) mass is 333 g/mol. The first-order valence-corrected chi connectivity index (χ1v) is 8.44. The van der Waals surface area contributed by atoms with Crippen molar-refractivity contribution in [3.63, 3.8) is 0 Å². The predicted octanol–water partition coefficient (Wildman–Crippen LogP) is 4.96. The number of carbonyl (C=O) groups excluding carboxylic acids is 1. The van der Waals surface area contributed by atoms with Gasteiger partial charge in [-0.25, -0.2) is 0 Å². The molecule has 1 atom stereocenters. The van der Waals surface area contributed by atoms with E-state index in [2.05, 4.69) is 37.4 Å². The summed E-state index contributed by atoms with van der Waals surface area (Å²) in [6.45, 7) is 6.19. The van der Waals surface area contributed by atoms with Gasteiger partial charge in [0, 0.05) is 5.56 Å². The normalized spacial score (nSPS) is 12.0. The van der Waals surface area contributed by atoms with Crippen LogP contribution in [0, 0.1) is 13.8 Å². The number of nitrogens with one attached hydrogen (secondary N) is 1. The van der Waals surface area contributed by atoms with Crippen molar-refractivity contribution < 1.29 is 9.53 Å². The lowest BCUT2D eigenvalue weighted by atomic mass is 10.0. The summed E-state index contributed by atoms with van der Waals surface area (Å²) in [6, 6.07) is 17.8. The third-order valence-electron chi connectivity index (χ3n) is 4.69. The molecule has 0 aliphatic carbocycles. The first-order chi connectivity index (χ1) is 12.0. The van der Waals surface area contributed by atoms with Crippen LogP contribution in [0.1, 0.15) is 40.0 Å². The maximum atomic E-state index is 12.6. The van der Waals surface area contributed by atoms with Crippen LogP contribution in [0.5, 0.6) is 5.75 Å². The lowest BCUT2D eigenvalue weighted by Crippen LogP contribution is -2.26. The zero-order valence-corrected chi connectivity index (χ0v) is 15.1. The highest BCUT2D eigenvalue weighted by Gasteiger charge is 2.12. The van der Waals surface area contributed by atoms with Crippen molar-refractivity contribution in [3.05, 3.63) is 76.9 Å². The van der Waals surface area contributed by atoms with Crippen molar-refractivity contribution in [1.29, 1.82) is 0 Å². The third-order valence-corrected chi connectivity index (χ3v) is 4.69. The van der Waals surface area contributed by atoms with E-state index in [9.17, 15) is 4.79 Å². The first-order valence-electron chi connectivity index (χ1n) is 8.44. The molecule has 3 rings (SSSR count). The molecule has 128 valence electrons. The lowest BCUT2D eigenvalue weighted by molar-refractivity contribution is 0.0940. The van der Waals surface area contributed by atoms with Crippen LogP contribution in [0.25, 0.3) is 10.8 Å². The fourth-order valence-corrected chi connectivity index (χ4v) is 2.89. The molecule has 0 radical (unpaired) electrons. The van der Waals surface area contributed by atoms with Gasteiger partial charge in [-0.15, -0.1) is 0 Å². The number of hydrogen-bond donors (Lipinski definition) is 1. The van der Waals surface area contributed by atoms with Gasteiger partial charge in [-0.3, -0.25) is 4.79 Å². The second kappa shape index (κ2) is 6.98. The molecule has 3 heteroatoms. The highest BCUT2D eigenvalue weighted by atomic mass is 16.5. The van der Waals surface area contributed by atoms with Gasteiger partial charge >= 0.3 is 0 Å². The number of carbonyl (C=O) groups is 1. The van der Waals surface area contributed by atoms with Crippen LogP contribution in [0.2, 0.25) is 0 Å². The lowest BCUT2D eigenvalue weighted by Gasteiger charge is -2.16. The number of ether oxygens (including phenoxy) is 1. The van der Waals surface area contributed by atoms with E-state index in [4.69, 9.17) is 4.74 Å². The van der Waals surface area contributed by atoms with Crippen molar-refractivity contribution in [2.75, 3.05) is 7.11 Å². The van der Waals surface area contributed by atoms with Gasteiger partial charge in [0.1, 0.15) is 5.75 Å². The van der Waals surface area contributed by atoms with Crippen molar-refractivity contribution in [2.45, 2.75) is 26.8 Å². The van der Waals surface area contributed by atoms with Crippen LogP contribution in [0.15, 0.2) is 54.6 Å². The Labute approximate surface area is 148 Å². The zero-order valence-electron chi connectivity index (χ0n) is 15.1. The van der Waals surface area contributed by atoms with E-state index < -0.39 is 0 Å². The Bertz CT molecular complexity index is 930. The fourth-order valence-electron chi connectivity index (χ4n) is 2.89. The summed E-state index contributed by atoms with van der Waals surface area (Å²) >= 11 is 0. The number of fused-ring (bicyclic) bond motifs is 1. The second-order valence-electron chi connectivity index (χ2n) is 6.47. The van der Waals surface area contributed by atoms with Crippen LogP contribution >= 0.6 is 0 Å². The van der Waals surface area contributed by atoms with E-state index in [0.717, 1.165) is 22.1 Å². The molecule has 1 N–H and O–H groups in total. The van der Waals surface area contributed by atoms with Crippen molar-refractivity contribution in [1.82, 2.24) is 5.32 Å². The maximum absolute atomic E-state index is 12.6. The number of rotatable bonds is 4. The highest BCUT2D eigenvalue weighted by Crippen LogP contribution is 2.22. The van der Waals surface area contributed by atoms with Gasteiger partial charge in [-0.05, 0) is 72.5 Å². The SMILES string of the molecule is COc1ccc2cc(C(=O)N[C@H](C)c3ccc(C)c(C)c3)ccc2c1. The average Bonchev–Trinajstić information content (AvgIpc) is 2.62. The minimum Gasteiger partial charge on any atom is -0.497 e. The molecular weight excluding hydrogens is 310 g/mol. The summed E-state index contributed by atoms with van der Waals surface area (Å²) in [5.41, 5.74) is 4.26. The molecule has 0 aliphatic heterocycles. The smallest absolute Gasteiger partial charge is 0.251 e. The van der Waals surface area contributed by atoms with Gasteiger partial charge in [-0.2, -0.15) is 0 Å². The van der Waals surface area contributed by atoms with Gasteiger partial charge in [0.25, 0.3) is 5.91 Å². The third kappa shape index (κ3) is 3.66. The summed E-state index contributed by atoms with van der Waals surface area (Å²) in [5, 5.41) is 5.16. The Morgan fingerprint density at radius 1 is 0.920 bits per heavy atom. The van der Waals surface area contributed by atoms with Gasteiger partial charge < -0.3 is 10.1 Å². The Hall–Kier alpha value is -2.81. The Morgan fingerprint density at radius 2 is 1.64 bits per heavy atom. The average molecular weight is 333 g/mol. The van der Waals surface area contributed by atoms with Crippen LogP contribution in [0.3, 0.4) is 0 Å². The minimum atomic E-state index is -0.0663. The van der Waals surface area contributed by atoms with Crippen LogP contribution < -0.4 is 10.1 Å². The van der Waals surface area contributed by atoms with E-state index in [0.29, 0.717) is 5.56 Å². The number of aryl methyl sites for hydroxylation is 2. The molecule has 0 aliphatic rings. The Kier molecular flexibility index (Phi) is 4.75. The molecule has 0 bridgehead atoms. The minimum absolute atomic E-state index is 0.0432. The van der Waals surface area contributed by atoms with E-state index in [1.54, 1.807) is 7.11 Å². The second-order valence-corrected chi connectivity index (χ2v) is 6.47. The number of hydrogen-bond acceptors (Lipinski definition) is 2. The topological polar surface area (TPSA) is 38.3 Å². The summed E-state index contributed by atoms with van der Waals surface area (Å²) in [7, 11) is 1.65. The van der Waals surface area contributed by atoms with Gasteiger partial charge in [-0.1, -0.05) is 30.3 Å². The molecule has 0 fully saturated rings. The molecular formula is C22H23NO2. The van der Waals surface area contributed by atoms with Crippen LogP contribution in [-0.4, -0.2) is 13.0 Å². The molecule has 0 unspecified atom stereocenters. The Balaban J connectivity index is 1.80. The van der Waals surface area contributed by atoms with Gasteiger partial charge in [0.15, 0.2) is 0 Å². The standard InChI is InChI=1S/C22H23NO2/c1-14-5-6-17(11-15(14)2)16(3)23-22(24)20-8-7-19-13-21(25-4)10-9-18(19)12-20/h5-13,16H,1-4H3,(H,23,24)/t16-/m1/s1.